The second-order valence-electron chi connectivity index (χ2n) is 5.08. The van der Waals surface area contributed by atoms with Crippen molar-refractivity contribution in [2.45, 2.75) is 51.3 Å². The number of hydrogen-bond donors (Lipinski definition) is 1. The van der Waals surface area contributed by atoms with Gasteiger partial charge in [-0.2, -0.15) is 0 Å². The molecular weight excluding hydrogens is 282 g/mol. The van der Waals surface area contributed by atoms with Crippen LogP contribution in [0.25, 0.3) is 0 Å². The highest BCUT2D eigenvalue weighted by Crippen LogP contribution is 2.31. The highest BCUT2D eigenvalue weighted by atomic mass is 32.2. The summed E-state index contributed by atoms with van der Waals surface area (Å²) in [6, 6.07) is 5.85. The summed E-state index contributed by atoms with van der Waals surface area (Å²) in [4.78, 5) is 14.9. The maximum Gasteiger partial charge on any atom is 0.338 e. The average molecular weight is 309 g/mol. The third-order valence-corrected chi connectivity index (χ3v) is 4.36. The Morgan fingerprint density at radius 2 is 1.76 bits per heavy atom. The molecule has 0 heterocycles. The van der Waals surface area contributed by atoms with Crippen LogP contribution in [0.3, 0.4) is 0 Å². The normalized spacial score (nSPS) is 10.6. The molecular formula is C17H27NO2S. The Kier molecular flexibility index (Phi) is 8.28. The quantitative estimate of drug-likeness (QED) is 0.624. The van der Waals surface area contributed by atoms with Crippen molar-refractivity contribution in [3.63, 3.8) is 0 Å². The molecule has 1 aromatic carbocycles. The summed E-state index contributed by atoms with van der Waals surface area (Å²) in [6.45, 7) is 8.24. The minimum absolute atomic E-state index is 0.469. The van der Waals surface area contributed by atoms with Gasteiger partial charge in [-0.1, -0.05) is 39.7 Å². The lowest BCUT2D eigenvalue weighted by molar-refractivity contribution is 0.0694. The number of nitrogens with zero attached hydrogens (tertiary/aromatic N) is 1. The second-order valence-corrected chi connectivity index (χ2v) is 6.39. The Hall–Kier alpha value is -1.16. The first kappa shape index (κ1) is 17.9. The van der Waals surface area contributed by atoms with Gasteiger partial charge in [-0.25, -0.2) is 4.79 Å². The first-order chi connectivity index (χ1) is 10.2. The second kappa shape index (κ2) is 9.72. The molecule has 21 heavy (non-hydrogen) atoms. The zero-order chi connectivity index (χ0) is 15.7. The number of unbranched alkanes of at least 4 members (excludes halogenated alkanes) is 2. The van der Waals surface area contributed by atoms with Crippen molar-refractivity contribution in [2.24, 2.45) is 0 Å². The maximum atomic E-state index is 11.7. The molecule has 0 atom stereocenters. The van der Waals surface area contributed by atoms with Crippen molar-refractivity contribution in [3.8, 4) is 0 Å². The number of benzene rings is 1. The number of anilines is 1. The van der Waals surface area contributed by atoms with Crippen LogP contribution in [-0.4, -0.2) is 29.9 Å². The fourth-order valence-electron chi connectivity index (χ4n) is 2.32. The summed E-state index contributed by atoms with van der Waals surface area (Å²) in [5.41, 5.74) is 1.35. The van der Waals surface area contributed by atoms with Gasteiger partial charge in [0.1, 0.15) is 0 Å². The summed E-state index contributed by atoms with van der Waals surface area (Å²) in [6.07, 6.45) is 4.42. The van der Waals surface area contributed by atoms with Gasteiger partial charge in [0.05, 0.1) is 11.3 Å². The number of hydrogen-bond acceptors (Lipinski definition) is 3. The Balaban J connectivity index is 3.15. The van der Waals surface area contributed by atoms with Crippen LogP contribution in [0.4, 0.5) is 5.69 Å². The Morgan fingerprint density at radius 3 is 2.24 bits per heavy atom. The molecule has 0 radical (unpaired) electrons. The van der Waals surface area contributed by atoms with Crippen molar-refractivity contribution in [1.82, 2.24) is 0 Å². The largest absolute Gasteiger partial charge is 0.478 e. The Bertz CT molecular complexity index is 440. The maximum absolute atomic E-state index is 11.7. The van der Waals surface area contributed by atoms with Gasteiger partial charge in [0, 0.05) is 18.0 Å². The number of carbonyl (C=O) groups is 1. The number of rotatable bonds is 10. The lowest BCUT2D eigenvalue weighted by Crippen LogP contribution is -2.27. The standard InChI is InChI=1S/C17H27NO2S/c1-4-7-12-18(13-8-5-2)14-10-9-11-15(21-6-3)16(14)17(19)20/h9-11H,4-8,12-13H2,1-3H3,(H,19,20). The van der Waals surface area contributed by atoms with Gasteiger partial charge >= 0.3 is 5.97 Å². The van der Waals surface area contributed by atoms with E-state index in [2.05, 4.69) is 25.7 Å². The van der Waals surface area contributed by atoms with Crippen LogP contribution in [0.15, 0.2) is 23.1 Å². The minimum Gasteiger partial charge on any atom is -0.478 e. The molecule has 1 aromatic rings. The summed E-state index contributed by atoms with van der Waals surface area (Å²) in [7, 11) is 0. The van der Waals surface area contributed by atoms with Crippen LogP contribution in [0.1, 0.15) is 56.8 Å². The van der Waals surface area contributed by atoms with E-state index in [0.29, 0.717) is 5.56 Å². The highest BCUT2D eigenvalue weighted by Gasteiger charge is 2.19. The predicted octanol–water partition coefficient (Wildman–Crippen LogP) is 4.90. The van der Waals surface area contributed by atoms with Gasteiger partial charge in [0.2, 0.25) is 0 Å². The molecule has 0 unspecified atom stereocenters. The van der Waals surface area contributed by atoms with E-state index in [-0.39, 0.29) is 0 Å². The van der Waals surface area contributed by atoms with E-state index < -0.39 is 5.97 Å². The minimum atomic E-state index is -0.820. The molecule has 0 aliphatic heterocycles. The van der Waals surface area contributed by atoms with Crippen LogP contribution in [-0.2, 0) is 0 Å². The smallest absolute Gasteiger partial charge is 0.338 e. The van der Waals surface area contributed by atoms with Gasteiger partial charge in [0.15, 0.2) is 0 Å². The molecule has 0 saturated heterocycles. The van der Waals surface area contributed by atoms with Crippen molar-refractivity contribution in [2.75, 3.05) is 23.7 Å². The van der Waals surface area contributed by atoms with Gasteiger partial charge in [-0.3, -0.25) is 0 Å². The Labute approximate surface area is 132 Å². The Morgan fingerprint density at radius 1 is 1.14 bits per heavy atom. The fraction of sp³-hybridized carbons (Fsp3) is 0.588. The molecule has 1 rings (SSSR count). The molecule has 0 aromatic heterocycles. The number of carboxylic acids is 1. The number of aromatic carboxylic acids is 1. The third-order valence-electron chi connectivity index (χ3n) is 3.42. The fourth-order valence-corrected chi connectivity index (χ4v) is 3.15. The highest BCUT2D eigenvalue weighted by molar-refractivity contribution is 7.99. The van der Waals surface area contributed by atoms with Gasteiger partial charge in [0.25, 0.3) is 0 Å². The number of thioether (sulfide) groups is 1. The van der Waals surface area contributed by atoms with E-state index in [9.17, 15) is 9.90 Å². The van der Waals surface area contributed by atoms with E-state index >= 15 is 0 Å². The first-order valence-corrected chi connectivity index (χ1v) is 8.88. The van der Waals surface area contributed by atoms with Crippen LogP contribution >= 0.6 is 11.8 Å². The zero-order valence-corrected chi connectivity index (χ0v) is 14.2. The van der Waals surface area contributed by atoms with Crippen molar-refractivity contribution in [1.29, 1.82) is 0 Å². The van der Waals surface area contributed by atoms with Crippen LogP contribution in [0, 0.1) is 0 Å². The number of carboxylic acid groups (broad SMARTS) is 1. The van der Waals surface area contributed by atoms with Crippen molar-refractivity contribution in [3.05, 3.63) is 23.8 Å². The third kappa shape index (κ3) is 5.27. The monoisotopic (exact) mass is 309 g/mol. The molecule has 3 nitrogen and oxygen atoms in total. The molecule has 0 amide bonds. The lowest BCUT2D eigenvalue weighted by Gasteiger charge is -2.27. The van der Waals surface area contributed by atoms with Gasteiger partial charge < -0.3 is 10.0 Å². The molecule has 0 spiro atoms. The first-order valence-electron chi connectivity index (χ1n) is 7.89. The van der Waals surface area contributed by atoms with Crippen molar-refractivity contribution < 1.29 is 9.90 Å². The van der Waals surface area contributed by atoms with Crippen molar-refractivity contribution >= 4 is 23.4 Å². The van der Waals surface area contributed by atoms with Gasteiger partial charge in [-0.05, 0) is 30.7 Å². The van der Waals surface area contributed by atoms with Gasteiger partial charge in [-0.15, -0.1) is 11.8 Å². The summed E-state index contributed by atoms with van der Waals surface area (Å²) in [5, 5.41) is 9.63. The lowest BCUT2D eigenvalue weighted by atomic mass is 10.1. The summed E-state index contributed by atoms with van der Waals surface area (Å²) < 4.78 is 0. The molecule has 1 N–H and O–H groups in total. The molecule has 4 heteroatoms. The average Bonchev–Trinajstić information content (AvgIpc) is 2.47. The summed E-state index contributed by atoms with van der Waals surface area (Å²) >= 11 is 1.60. The van der Waals surface area contributed by atoms with E-state index in [1.807, 2.05) is 18.2 Å². The van der Waals surface area contributed by atoms with Crippen LogP contribution in [0.5, 0.6) is 0 Å². The topological polar surface area (TPSA) is 40.5 Å². The molecule has 0 bridgehead atoms. The van der Waals surface area contributed by atoms with E-state index in [0.717, 1.165) is 55.1 Å². The zero-order valence-electron chi connectivity index (χ0n) is 13.4. The molecule has 118 valence electrons. The van der Waals surface area contributed by atoms with Crippen LogP contribution < -0.4 is 4.90 Å². The summed E-state index contributed by atoms with van der Waals surface area (Å²) in [5.74, 6) is 0.0627. The van der Waals surface area contributed by atoms with E-state index in [1.54, 1.807) is 11.8 Å². The molecule has 0 aliphatic carbocycles. The SMILES string of the molecule is CCCCN(CCCC)c1cccc(SCC)c1C(=O)O. The molecule has 0 fully saturated rings. The van der Waals surface area contributed by atoms with E-state index in [1.165, 1.54) is 0 Å². The molecule has 0 saturated carbocycles. The molecule has 0 aliphatic rings. The van der Waals surface area contributed by atoms with E-state index in [4.69, 9.17) is 0 Å². The predicted molar refractivity (Wildman–Crippen MR) is 91.8 cm³/mol. The van der Waals surface area contributed by atoms with Crippen LogP contribution in [0.2, 0.25) is 0 Å².